The molecule has 0 fully saturated rings. The molecule has 0 saturated heterocycles. The maximum absolute atomic E-state index is 11.9. The van der Waals surface area contributed by atoms with E-state index in [4.69, 9.17) is 0 Å². The molecule has 1 rings (SSSR count). The molecule has 0 aliphatic carbocycles. The first-order valence-corrected chi connectivity index (χ1v) is 6.10. The van der Waals surface area contributed by atoms with Crippen LogP contribution in [0.5, 0.6) is 5.75 Å². The van der Waals surface area contributed by atoms with Crippen molar-refractivity contribution in [1.29, 1.82) is 0 Å². The van der Waals surface area contributed by atoms with Crippen LogP contribution in [0.1, 0.15) is 42.5 Å². The second-order valence-electron chi connectivity index (χ2n) is 4.16. The summed E-state index contributed by atoms with van der Waals surface area (Å²) in [5.74, 6) is -0.385. The zero-order valence-corrected chi connectivity index (χ0v) is 10.5. The highest BCUT2D eigenvalue weighted by Gasteiger charge is 2.30. The second-order valence-corrected chi connectivity index (χ2v) is 4.16. The third kappa shape index (κ3) is 6.27. The predicted molar refractivity (Wildman–Crippen MR) is 65.9 cm³/mol. The summed E-state index contributed by atoms with van der Waals surface area (Å²) in [5, 5.41) is 0. The Hall–Kier alpha value is -1.52. The second kappa shape index (κ2) is 7.16. The van der Waals surface area contributed by atoms with Gasteiger partial charge in [0.15, 0.2) is 5.78 Å². The Labute approximate surface area is 110 Å². The van der Waals surface area contributed by atoms with Gasteiger partial charge in [-0.15, -0.1) is 13.2 Å². The number of unbranched alkanes of at least 4 members (excludes halogenated alkanes) is 3. The number of hydrogen-bond donors (Lipinski definition) is 0. The maximum atomic E-state index is 11.9. The van der Waals surface area contributed by atoms with E-state index in [9.17, 15) is 18.0 Å². The van der Waals surface area contributed by atoms with E-state index in [0.29, 0.717) is 12.0 Å². The Balaban J connectivity index is 2.49. The lowest BCUT2D eigenvalue weighted by atomic mass is 10.0. The van der Waals surface area contributed by atoms with Gasteiger partial charge in [-0.1, -0.05) is 26.2 Å². The zero-order valence-electron chi connectivity index (χ0n) is 10.5. The maximum Gasteiger partial charge on any atom is 0.573 e. The van der Waals surface area contributed by atoms with Crippen LogP contribution >= 0.6 is 0 Å². The van der Waals surface area contributed by atoms with E-state index in [2.05, 4.69) is 11.7 Å². The Kier molecular flexibility index (Phi) is 5.86. The molecule has 19 heavy (non-hydrogen) atoms. The first kappa shape index (κ1) is 15.5. The topological polar surface area (TPSA) is 26.3 Å². The Morgan fingerprint density at radius 2 is 1.74 bits per heavy atom. The minimum absolute atomic E-state index is 0.0670. The van der Waals surface area contributed by atoms with Crippen LogP contribution in [0.15, 0.2) is 24.3 Å². The first-order valence-electron chi connectivity index (χ1n) is 6.10. The van der Waals surface area contributed by atoms with Crippen LogP contribution in [-0.2, 0) is 0 Å². The molecular weight excluding hydrogens is 257 g/mol. The summed E-state index contributed by atoms with van der Waals surface area (Å²) in [6.07, 6.45) is -0.776. The van der Waals surface area contributed by atoms with E-state index in [1.807, 2.05) is 0 Å². The van der Waals surface area contributed by atoms with Crippen LogP contribution in [0.3, 0.4) is 0 Å². The average Bonchev–Trinajstić information content (AvgIpc) is 2.33. The number of ether oxygens (including phenoxy) is 1. The first-order chi connectivity index (χ1) is 8.92. The molecule has 2 nitrogen and oxygen atoms in total. The lowest BCUT2D eigenvalue weighted by Crippen LogP contribution is -2.17. The molecule has 0 heterocycles. The smallest absolute Gasteiger partial charge is 0.406 e. The molecule has 0 unspecified atom stereocenters. The lowest BCUT2D eigenvalue weighted by Gasteiger charge is -2.09. The molecule has 1 aromatic carbocycles. The summed E-state index contributed by atoms with van der Waals surface area (Å²) in [6.45, 7) is 3.71. The number of hydrogen-bond acceptors (Lipinski definition) is 2. The highest BCUT2D eigenvalue weighted by Crippen LogP contribution is 2.23. The van der Waals surface area contributed by atoms with Gasteiger partial charge in [-0.3, -0.25) is 4.79 Å². The minimum Gasteiger partial charge on any atom is -0.406 e. The highest BCUT2D eigenvalue weighted by atomic mass is 19.4. The lowest BCUT2D eigenvalue weighted by molar-refractivity contribution is -0.274. The van der Waals surface area contributed by atoms with E-state index in [1.165, 1.54) is 12.1 Å². The van der Waals surface area contributed by atoms with E-state index in [-0.39, 0.29) is 11.5 Å². The molecule has 0 bridgehead atoms. The fourth-order valence-corrected chi connectivity index (χ4v) is 1.63. The van der Waals surface area contributed by atoms with Gasteiger partial charge >= 0.3 is 6.36 Å². The quantitative estimate of drug-likeness (QED) is 0.538. The molecule has 0 aliphatic rings. The number of rotatable bonds is 7. The molecule has 0 atom stereocenters. The molecule has 0 aromatic heterocycles. The normalized spacial score (nSPS) is 11.4. The van der Waals surface area contributed by atoms with Gasteiger partial charge in [-0.25, -0.2) is 0 Å². The Bertz CT molecular complexity index is 396. The largest absolute Gasteiger partial charge is 0.573 e. The predicted octanol–water partition coefficient (Wildman–Crippen LogP) is 4.55. The van der Waals surface area contributed by atoms with Crippen LogP contribution in [0.25, 0.3) is 0 Å². The van der Waals surface area contributed by atoms with Crippen molar-refractivity contribution in [2.75, 3.05) is 0 Å². The van der Waals surface area contributed by atoms with Crippen molar-refractivity contribution in [2.45, 2.75) is 38.5 Å². The monoisotopic (exact) mass is 273 g/mol. The van der Waals surface area contributed by atoms with Crippen LogP contribution < -0.4 is 4.74 Å². The molecule has 0 N–H and O–H groups in total. The molecule has 0 saturated carbocycles. The highest BCUT2D eigenvalue weighted by molar-refractivity contribution is 5.96. The molecule has 1 aromatic rings. The number of benzene rings is 1. The van der Waals surface area contributed by atoms with Crippen LogP contribution in [-0.4, -0.2) is 12.1 Å². The van der Waals surface area contributed by atoms with Crippen molar-refractivity contribution >= 4 is 5.78 Å². The van der Waals surface area contributed by atoms with Gasteiger partial charge in [-0.05, 0) is 30.7 Å². The van der Waals surface area contributed by atoms with Gasteiger partial charge in [0.05, 0.1) is 0 Å². The van der Waals surface area contributed by atoms with Crippen LogP contribution in [0.2, 0.25) is 0 Å². The molecule has 5 heteroatoms. The summed E-state index contributed by atoms with van der Waals surface area (Å²) in [6, 6.07) is 5.00. The van der Waals surface area contributed by atoms with Crippen LogP contribution in [0.4, 0.5) is 13.2 Å². The van der Waals surface area contributed by atoms with Gasteiger partial charge in [0.25, 0.3) is 0 Å². The van der Waals surface area contributed by atoms with Crippen molar-refractivity contribution in [3.8, 4) is 5.75 Å². The van der Waals surface area contributed by atoms with Crippen molar-refractivity contribution in [3.05, 3.63) is 36.8 Å². The summed E-state index contributed by atoms with van der Waals surface area (Å²) in [5.41, 5.74) is 0.407. The summed E-state index contributed by atoms with van der Waals surface area (Å²) in [7, 11) is 0. The van der Waals surface area contributed by atoms with E-state index < -0.39 is 6.36 Å². The van der Waals surface area contributed by atoms with Gasteiger partial charge in [-0.2, -0.15) is 0 Å². The Morgan fingerprint density at radius 1 is 1.11 bits per heavy atom. The fraction of sp³-hybridized carbons (Fsp3) is 0.429. The number of Topliss-reactive ketones (excluding diaryl/α,β-unsaturated/α-hetero) is 1. The number of alkyl halides is 3. The minimum atomic E-state index is -4.71. The number of carbonyl (C=O) groups excluding carboxylic acids is 1. The molecular formula is C14H16F3O2. The fourth-order valence-electron chi connectivity index (χ4n) is 1.63. The molecule has 105 valence electrons. The van der Waals surface area contributed by atoms with E-state index in [0.717, 1.165) is 37.8 Å². The summed E-state index contributed by atoms with van der Waals surface area (Å²) < 4.78 is 39.6. The van der Waals surface area contributed by atoms with Crippen molar-refractivity contribution in [3.63, 3.8) is 0 Å². The molecule has 1 radical (unpaired) electrons. The zero-order chi connectivity index (χ0) is 14.3. The summed E-state index contributed by atoms with van der Waals surface area (Å²) >= 11 is 0. The third-order valence-electron chi connectivity index (χ3n) is 2.56. The van der Waals surface area contributed by atoms with Crippen molar-refractivity contribution in [2.24, 2.45) is 0 Å². The SMILES string of the molecule is [CH2]CCCCCC(=O)c1ccc(OC(F)(F)F)cc1. The van der Waals surface area contributed by atoms with Crippen LogP contribution in [0, 0.1) is 6.92 Å². The third-order valence-corrected chi connectivity index (χ3v) is 2.56. The molecule has 0 aliphatic heterocycles. The van der Waals surface area contributed by atoms with Gasteiger partial charge in [0.2, 0.25) is 0 Å². The van der Waals surface area contributed by atoms with Gasteiger partial charge in [0.1, 0.15) is 5.75 Å². The number of carbonyl (C=O) groups is 1. The van der Waals surface area contributed by atoms with E-state index >= 15 is 0 Å². The Morgan fingerprint density at radius 3 is 2.26 bits per heavy atom. The van der Waals surface area contributed by atoms with E-state index in [1.54, 1.807) is 0 Å². The van der Waals surface area contributed by atoms with Crippen molar-refractivity contribution < 1.29 is 22.7 Å². The molecule has 0 amide bonds. The standard InChI is InChI=1S/C14H16F3O2/c1-2-3-4-5-6-13(18)11-7-9-12(10-8-11)19-14(15,16)17/h7-10H,1-6H2. The summed E-state index contributed by atoms with van der Waals surface area (Å²) in [4.78, 5) is 11.7. The van der Waals surface area contributed by atoms with Gasteiger partial charge < -0.3 is 4.74 Å². The number of ketones is 1. The average molecular weight is 273 g/mol. The number of halogens is 3. The van der Waals surface area contributed by atoms with Crippen molar-refractivity contribution in [1.82, 2.24) is 0 Å². The molecule has 0 spiro atoms. The van der Waals surface area contributed by atoms with Gasteiger partial charge in [0, 0.05) is 12.0 Å².